The van der Waals surface area contributed by atoms with Crippen molar-refractivity contribution in [2.75, 3.05) is 5.32 Å². The molecule has 1 saturated carbocycles. The molecule has 1 fully saturated rings. The number of carbonyl (C=O) groups excluding carboxylic acids is 1. The van der Waals surface area contributed by atoms with Crippen molar-refractivity contribution in [3.63, 3.8) is 0 Å². The van der Waals surface area contributed by atoms with Crippen LogP contribution in [0.25, 0.3) is 11.4 Å². The molecule has 10 heteroatoms. The highest BCUT2D eigenvalue weighted by Crippen LogP contribution is 2.30. The number of aromatic nitrogens is 3. The largest absolute Gasteiger partial charge is 0.417 e. The van der Waals surface area contributed by atoms with E-state index in [1.165, 1.54) is 30.6 Å². The van der Waals surface area contributed by atoms with Crippen molar-refractivity contribution in [2.24, 2.45) is 0 Å². The Morgan fingerprint density at radius 1 is 1.00 bits per heavy atom. The lowest BCUT2D eigenvalue weighted by Gasteiger charge is -2.23. The number of alkyl halides is 3. The van der Waals surface area contributed by atoms with E-state index in [9.17, 15) is 22.4 Å². The fourth-order valence-electron chi connectivity index (χ4n) is 3.73. The van der Waals surface area contributed by atoms with E-state index in [4.69, 9.17) is 0 Å². The maximum atomic E-state index is 13.9. The monoisotopic (exact) mass is 445 g/mol. The number of pyridine rings is 1. The second kappa shape index (κ2) is 8.89. The highest BCUT2D eigenvalue weighted by atomic mass is 19.4. The van der Waals surface area contributed by atoms with E-state index in [2.05, 4.69) is 25.6 Å². The van der Waals surface area contributed by atoms with Crippen LogP contribution in [0, 0.1) is 5.82 Å². The summed E-state index contributed by atoms with van der Waals surface area (Å²) >= 11 is 0. The Balaban J connectivity index is 1.49. The molecule has 0 aliphatic heterocycles. The zero-order valence-electron chi connectivity index (χ0n) is 16.7. The number of anilines is 1. The van der Waals surface area contributed by atoms with Gasteiger partial charge in [0.05, 0.1) is 11.1 Å². The molecule has 0 spiro atoms. The van der Waals surface area contributed by atoms with Gasteiger partial charge in [-0.3, -0.25) is 4.79 Å². The van der Waals surface area contributed by atoms with E-state index >= 15 is 0 Å². The van der Waals surface area contributed by atoms with Crippen molar-refractivity contribution in [1.82, 2.24) is 20.3 Å². The number of nitrogens with zero attached hydrogens (tertiary/aromatic N) is 3. The van der Waals surface area contributed by atoms with Crippen molar-refractivity contribution in [2.45, 2.75) is 37.5 Å². The first-order chi connectivity index (χ1) is 15.3. The number of amides is 1. The number of carbonyl (C=O) groups is 1. The summed E-state index contributed by atoms with van der Waals surface area (Å²) in [7, 11) is 0. The summed E-state index contributed by atoms with van der Waals surface area (Å²) in [5.74, 6) is -0.461. The van der Waals surface area contributed by atoms with Gasteiger partial charge in [-0.2, -0.15) is 13.2 Å². The summed E-state index contributed by atoms with van der Waals surface area (Å²) in [6.45, 7) is 0. The molecule has 0 radical (unpaired) electrons. The van der Waals surface area contributed by atoms with Crippen LogP contribution in [0.3, 0.4) is 0 Å². The van der Waals surface area contributed by atoms with Crippen LogP contribution in [0.15, 0.2) is 55.0 Å². The third kappa shape index (κ3) is 4.84. The summed E-state index contributed by atoms with van der Waals surface area (Å²) in [5, 5.41) is 6.00. The van der Waals surface area contributed by atoms with Gasteiger partial charge in [-0.15, -0.1) is 0 Å². The second-order valence-corrected chi connectivity index (χ2v) is 7.45. The van der Waals surface area contributed by atoms with Gasteiger partial charge in [0, 0.05) is 36.2 Å². The van der Waals surface area contributed by atoms with E-state index < -0.39 is 23.5 Å². The van der Waals surface area contributed by atoms with E-state index in [-0.39, 0.29) is 23.5 Å². The molecule has 6 nitrogen and oxygen atoms in total. The Hall–Kier alpha value is -3.56. The Morgan fingerprint density at radius 3 is 2.44 bits per heavy atom. The van der Waals surface area contributed by atoms with Crippen molar-refractivity contribution < 1.29 is 22.4 Å². The number of rotatable bonds is 5. The lowest BCUT2D eigenvalue weighted by molar-refractivity contribution is -0.137. The smallest absolute Gasteiger partial charge is 0.365 e. The van der Waals surface area contributed by atoms with E-state index in [1.54, 1.807) is 6.07 Å². The molecule has 2 atom stereocenters. The highest BCUT2D eigenvalue weighted by molar-refractivity contribution is 6.00. The topological polar surface area (TPSA) is 79.8 Å². The molecule has 3 aromatic rings. The van der Waals surface area contributed by atoms with Crippen LogP contribution in [0.2, 0.25) is 0 Å². The van der Waals surface area contributed by atoms with Gasteiger partial charge >= 0.3 is 6.18 Å². The first kappa shape index (κ1) is 21.7. The first-order valence-corrected chi connectivity index (χ1v) is 9.99. The van der Waals surface area contributed by atoms with Gasteiger partial charge in [-0.05, 0) is 55.7 Å². The molecule has 166 valence electrons. The standard InChI is InChI=1S/C22H19F4N5O/c23-14-6-7-15(20-27-9-2-10-28-20)16(11-14)21(32)31-18-4-1-3-17(18)30-19-8-5-13(12-29-19)22(24,25)26/h2,5-12,17-18H,1,3-4H2,(H,29,30)(H,31,32)/t17-,18?/m0/s1. The minimum atomic E-state index is -4.46. The fourth-order valence-corrected chi connectivity index (χ4v) is 3.73. The second-order valence-electron chi connectivity index (χ2n) is 7.45. The molecule has 2 heterocycles. The van der Waals surface area contributed by atoms with Crippen LogP contribution >= 0.6 is 0 Å². The van der Waals surface area contributed by atoms with Gasteiger partial charge in [0.1, 0.15) is 11.6 Å². The highest BCUT2D eigenvalue weighted by Gasteiger charge is 2.32. The molecule has 1 aliphatic rings. The van der Waals surface area contributed by atoms with Crippen LogP contribution < -0.4 is 10.6 Å². The van der Waals surface area contributed by atoms with Gasteiger partial charge in [-0.1, -0.05) is 0 Å². The number of halogens is 4. The Labute approximate surface area is 181 Å². The predicted octanol–water partition coefficient (Wildman–Crippen LogP) is 4.46. The molecule has 2 aromatic heterocycles. The number of nitrogens with one attached hydrogen (secondary N) is 2. The molecule has 1 amide bonds. The Kier molecular flexibility index (Phi) is 6.02. The minimum Gasteiger partial charge on any atom is -0.365 e. The van der Waals surface area contributed by atoms with E-state index in [0.717, 1.165) is 24.8 Å². The Bertz CT molecular complexity index is 1090. The number of hydrogen-bond donors (Lipinski definition) is 2. The molecule has 0 bridgehead atoms. The molecular formula is C22H19F4N5O. The molecule has 2 N–H and O–H groups in total. The Morgan fingerprint density at radius 2 is 1.75 bits per heavy atom. The summed E-state index contributed by atoms with van der Waals surface area (Å²) in [6, 6.07) is 7.14. The third-order valence-electron chi connectivity index (χ3n) is 5.29. The normalized spacial score (nSPS) is 18.4. The van der Waals surface area contributed by atoms with Crippen LogP contribution in [0.4, 0.5) is 23.4 Å². The van der Waals surface area contributed by atoms with Crippen molar-refractivity contribution in [3.05, 3.63) is 71.9 Å². The molecule has 32 heavy (non-hydrogen) atoms. The number of hydrogen-bond acceptors (Lipinski definition) is 5. The number of benzene rings is 1. The maximum absolute atomic E-state index is 13.9. The predicted molar refractivity (Wildman–Crippen MR) is 109 cm³/mol. The summed E-state index contributed by atoms with van der Waals surface area (Å²) < 4.78 is 52.1. The molecule has 1 unspecified atom stereocenters. The minimum absolute atomic E-state index is 0.106. The van der Waals surface area contributed by atoms with Gasteiger partial charge in [0.25, 0.3) is 5.91 Å². The zero-order chi connectivity index (χ0) is 22.7. The van der Waals surface area contributed by atoms with Gasteiger partial charge in [-0.25, -0.2) is 19.3 Å². The van der Waals surface area contributed by atoms with Gasteiger partial charge in [0.2, 0.25) is 0 Å². The quantitative estimate of drug-likeness (QED) is 0.567. The van der Waals surface area contributed by atoms with Crippen molar-refractivity contribution >= 4 is 11.7 Å². The van der Waals surface area contributed by atoms with Crippen molar-refractivity contribution in [1.29, 1.82) is 0 Å². The first-order valence-electron chi connectivity index (χ1n) is 9.99. The molecule has 4 rings (SSSR count). The average Bonchev–Trinajstić information content (AvgIpc) is 3.20. The average molecular weight is 445 g/mol. The SMILES string of the molecule is O=C(NC1CCC[C@@H]1Nc1ccc(C(F)(F)F)cn1)c1cc(F)ccc1-c1ncccn1. The van der Waals surface area contributed by atoms with Crippen molar-refractivity contribution in [3.8, 4) is 11.4 Å². The summed E-state index contributed by atoms with van der Waals surface area (Å²) in [5.41, 5.74) is -0.327. The zero-order valence-corrected chi connectivity index (χ0v) is 16.7. The van der Waals surface area contributed by atoms with Crippen LogP contribution in [-0.2, 0) is 6.18 Å². The van der Waals surface area contributed by atoms with Crippen LogP contribution in [0.5, 0.6) is 0 Å². The fraction of sp³-hybridized carbons (Fsp3) is 0.273. The molecule has 1 aliphatic carbocycles. The van der Waals surface area contributed by atoms with Gasteiger partial charge < -0.3 is 10.6 Å². The third-order valence-corrected chi connectivity index (χ3v) is 5.29. The van der Waals surface area contributed by atoms with E-state index in [1.807, 2.05) is 0 Å². The molecule has 1 aromatic carbocycles. The lowest BCUT2D eigenvalue weighted by atomic mass is 10.0. The van der Waals surface area contributed by atoms with Crippen LogP contribution in [-0.4, -0.2) is 32.9 Å². The lowest BCUT2D eigenvalue weighted by Crippen LogP contribution is -2.43. The molecular weight excluding hydrogens is 426 g/mol. The van der Waals surface area contributed by atoms with Crippen LogP contribution in [0.1, 0.15) is 35.2 Å². The van der Waals surface area contributed by atoms with Gasteiger partial charge in [0.15, 0.2) is 5.82 Å². The van der Waals surface area contributed by atoms with E-state index in [0.29, 0.717) is 24.2 Å². The summed E-state index contributed by atoms with van der Waals surface area (Å²) in [4.78, 5) is 25.1. The maximum Gasteiger partial charge on any atom is 0.417 e. The summed E-state index contributed by atoms with van der Waals surface area (Å²) in [6.07, 6.45) is 1.54. The molecule has 0 saturated heterocycles.